The highest BCUT2D eigenvalue weighted by molar-refractivity contribution is 6.09. The number of amides is 3. The van der Waals surface area contributed by atoms with E-state index in [1.54, 1.807) is 31.4 Å². The minimum Gasteiger partial charge on any atom is -0.497 e. The van der Waals surface area contributed by atoms with Crippen molar-refractivity contribution < 1.29 is 14.3 Å². The van der Waals surface area contributed by atoms with Crippen LogP contribution >= 0.6 is 0 Å². The van der Waals surface area contributed by atoms with Gasteiger partial charge in [-0.05, 0) is 30.2 Å². The zero-order valence-electron chi connectivity index (χ0n) is 12.3. The van der Waals surface area contributed by atoms with Gasteiger partial charge >= 0.3 is 6.03 Å². The van der Waals surface area contributed by atoms with Crippen LogP contribution in [0, 0.1) is 6.92 Å². The summed E-state index contributed by atoms with van der Waals surface area (Å²) in [6.45, 7) is 1.97. The van der Waals surface area contributed by atoms with E-state index < -0.39 is 11.6 Å². The molecule has 2 N–H and O–H groups in total. The van der Waals surface area contributed by atoms with Gasteiger partial charge in [0, 0.05) is 0 Å². The lowest BCUT2D eigenvalue weighted by Gasteiger charge is -2.27. The summed E-state index contributed by atoms with van der Waals surface area (Å²) >= 11 is 0. The van der Waals surface area contributed by atoms with E-state index in [-0.39, 0.29) is 5.91 Å². The Hall–Kier alpha value is -2.82. The van der Waals surface area contributed by atoms with Crippen LogP contribution in [0.4, 0.5) is 4.79 Å². The van der Waals surface area contributed by atoms with Crippen LogP contribution in [-0.4, -0.2) is 19.0 Å². The number of urea groups is 1. The molecular weight excluding hydrogens is 280 g/mol. The van der Waals surface area contributed by atoms with Crippen LogP contribution < -0.4 is 15.4 Å². The molecule has 1 aliphatic rings. The second-order valence-corrected chi connectivity index (χ2v) is 5.25. The Balaban J connectivity index is 2.16. The van der Waals surface area contributed by atoms with E-state index in [9.17, 15) is 9.59 Å². The van der Waals surface area contributed by atoms with Gasteiger partial charge in [0.2, 0.25) is 0 Å². The standard InChI is InChI=1S/C17H16N2O3/c1-11-3-5-12(6-4-11)17(15(20)18-16(21)19-17)13-7-9-14(22-2)10-8-13/h3-10H,1-2H3,(H2,18,19,20,21). The minimum absolute atomic E-state index is 0.383. The van der Waals surface area contributed by atoms with Crippen molar-refractivity contribution in [1.82, 2.24) is 10.6 Å². The van der Waals surface area contributed by atoms with Crippen molar-refractivity contribution in [2.24, 2.45) is 0 Å². The third-order valence-corrected chi connectivity index (χ3v) is 3.88. The summed E-state index contributed by atoms with van der Waals surface area (Å²) in [7, 11) is 1.58. The molecule has 0 radical (unpaired) electrons. The number of rotatable bonds is 3. The van der Waals surface area contributed by atoms with Gasteiger partial charge in [0.25, 0.3) is 5.91 Å². The van der Waals surface area contributed by atoms with Crippen molar-refractivity contribution in [3.8, 4) is 5.75 Å². The first-order valence-corrected chi connectivity index (χ1v) is 6.91. The van der Waals surface area contributed by atoms with Crippen LogP contribution in [0.25, 0.3) is 0 Å². The molecule has 0 bridgehead atoms. The molecule has 1 atom stereocenters. The van der Waals surface area contributed by atoms with E-state index in [1.165, 1.54) is 0 Å². The van der Waals surface area contributed by atoms with Gasteiger partial charge in [-0.25, -0.2) is 4.79 Å². The Labute approximate surface area is 128 Å². The summed E-state index contributed by atoms with van der Waals surface area (Å²) in [5.41, 5.74) is 1.27. The molecule has 1 saturated heterocycles. The molecule has 2 aromatic carbocycles. The zero-order chi connectivity index (χ0) is 15.7. The number of carbonyl (C=O) groups is 2. The SMILES string of the molecule is COc1ccc(C2(c3ccc(C)cc3)NC(=O)NC2=O)cc1. The van der Waals surface area contributed by atoms with E-state index in [4.69, 9.17) is 4.74 Å². The first-order chi connectivity index (χ1) is 10.6. The van der Waals surface area contributed by atoms with Gasteiger partial charge in [-0.2, -0.15) is 0 Å². The maximum Gasteiger partial charge on any atom is 0.322 e. The largest absolute Gasteiger partial charge is 0.497 e. The molecule has 3 amide bonds. The molecule has 0 aromatic heterocycles. The highest BCUT2D eigenvalue weighted by Gasteiger charge is 2.49. The summed E-state index contributed by atoms with van der Waals surface area (Å²) in [5, 5.41) is 5.09. The van der Waals surface area contributed by atoms with E-state index >= 15 is 0 Å². The summed E-state index contributed by atoms with van der Waals surface area (Å²) in [6.07, 6.45) is 0. The number of benzene rings is 2. The Bertz CT molecular complexity index is 723. The molecule has 5 heteroatoms. The molecule has 2 aromatic rings. The molecule has 0 spiro atoms. The maximum atomic E-state index is 12.5. The monoisotopic (exact) mass is 296 g/mol. The molecule has 0 aliphatic carbocycles. The third-order valence-electron chi connectivity index (χ3n) is 3.88. The van der Waals surface area contributed by atoms with E-state index in [0.717, 1.165) is 5.56 Å². The molecule has 0 saturated carbocycles. The Morgan fingerprint density at radius 1 is 0.909 bits per heavy atom. The lowest BCUT2D eigenvalue weighted by molar-refractivity contribution is -0.122. The van der Waals surface area contributed by atoms with Gasteiger partial charge in [0.15, 0.2) is 5.54 Å². The van der Waals surface area contributed by atoms with Gasteiger partial charge in [0.1, 0.15) is 5.75 Å². The quantitative estimate of drug-likeness (QED) is 0.852. The number of methoxy groups -OCH3 is 1. The number of imide groups is 1. The summed E-state index contributed by atoms with van der Waals surface area (Å²) in [5.74, 6) is 0.305. The minimum atomic E-state index is -1.21. The maximum absolute atomic E-state index is 12.5. The second-order valence-electron chi connectivity index (χ2n) is 5.25. The average molecular weight is 296 g/mol. The predicted octanol–water partition coefficient (Wildman–Crippen LogP) is 2.09. The van der Waals surface area contributed by atoms with Crippen molar-refractivity contribution in [3.05, 3.63) is 65.2 Å². The van der Waals surface area contributed by atoms with E-state index in [0.29, 0.717) is 16.9 Å². The molecule has 5 nitrogen and oxygen atoms in total. The molecule has 1 heterocycles. The number of carbonyl (C=O) groups excluding carboxylic acids is 2. The smallest absolute Gasteiger partial charge is 0.322 e. The number of nitrogens with one attached hydrogen (secondary N) is 2. The van der Waals surface area contributed by atoms with Crippen molar-refractivity contribution in [2.45, 2.75) is 12.5 Å². The van der Waals surface area contributed by atoms with Crippen LogP contribution in [-0.2, 0) is 10.3 Å². The third kappa shape index (κ3) is 2.11. The fraction of sp³-hybridized carbons (Fsp3) is 0.176. The highest BCUT2D eigenvalue weighted by atomic mass is 16.5. The normalized spacial score (nSPS) is 20.5. The van der Waals surface area contributed by atoms with Gasteiger partial charge in [-0.15, -0.1) is 0 Å². The van der Waals surface area contributed by atoms with Gasteiger partial charge in [-0.3, -0.25) is 10.1 Å². The van der Waals surface area contributed by atoms with Crippen molar-refractivity contribution in [3.63, 3.8) is 0 Å². The molecular formula is C17H16N2O3. The van der Waals surface area contributed by atoms with Gasteiger partial charge < -0.3 is 10.1 Å². The number of ether oxygens (including phenoxy) is 1. The number of hydrogen-bond acceptors (Lipinski definition) is 3. The Morgan fingerprint density at radius 2 is 1.45 bits per heavy atom. The van der Waals surface area contributed by atoms with Crippen LogP contribution in [0.1, 0.15) is 16.7 Å². The van der Waals surface area contributed by atoms with Crippen molar-refractivity contribution >= 4 is 11.9 Å². The van der Waals surface area contributed by atoms with Gasteiger partial charge in [-0.1, -0.05) is 42.0 Å². The van der Waals surface area contributed by atoms with Crippen LogP contribution in [0.2, 0.25) is 0 Å². The first-order valence-electron chi connectivity index (χ1n) is 6.91. The average Bonchev–Trinajstić information content (AvgIpc) is 2.83. The molecule has 3 rings (SSSR count). The topological polar surface area (TPSA) is 67.4 Å². The Morgan fingerprint density at radius 3 is 1.91 bits per heavy atom. The van der Waals surface area contributed by atoms with Crippen LogP contribution in [0.15, 0.2) is 48.5 Å². The summed E-state index contributed by atoms with van der Waals surface area (Å²) in [4.78, 5) is 24.3. The summed E-state index contributed by atoms with van der Waals surface area (Å²) in [6, 6.07) is 14.1. The van der Waals surface area contributed by atoms with Gasteiger partial charge in [0.05, 0.1) is 7.11 Å². The molecule has 1 fully saturated rings. The van der Waals surface area contributed by atoms with Crippen LogP contribution in [0.3, 0.4) is 0 Å². The zero-order valence-corrected chi connectivity index (χ0v) is 12.3. The van der Waals surface area contributed by atoms with Crippen molar-refractivity contribution in [2.75, 3.05) is 7.11 Å². The Kier molecular flexibility index (Phi) is 3.33. The van der Waals surface area contributed by atoms with Crippen LogP contribution in [0.5, 0.6) is 5.75 Å². The summed E-state index contributed by atoms with van der Waals surface area (Å²) < 4.78 is 5.15. The number of hydrogen-bond donors (Lipinski definition) is 2. The van der Waals surface area contributed by atoms with E-state index in [2.05, 4.69) is 10.6 Å². The fourth-order valence-electron chi connectivity index (χ4n) is 2.67. The predicted molar refractivity (Wildman–Crippen MR) is 81.6 cm³/mol. The molecule has 1 aliphatic heterocycles. The fourth-order valence-corrected chi connectivity index (χ4v) is 2.67. The molecule has 1 unspecified atom stereocenters. The lowest BCUT2D eigenvalue weighted by Crippen LogP contribution is -2.44. The van der Waals surface area contributed by atoms with E-state index in [1.807, 2.05) is 31.2 Å². The second kappa shape index (κ2) is 5.18. The van der Waals surface area contributed by atoms with Crippen molar-refractivity contribution in [1.29, 1.82) is 0 Å². The molecule has 22 heavy (non-hydrogen) atoms. The number of aryl methyl sites for hydroxylation is 1. The lowest BCUT2D eigenvalue weighted by atomic mass is 9.82. The highest BCUT2D eigenvalue weighted by Crippen LogP contribution is 2.33. The molecule has 112 valence electrons. The first kappa shape index (κ1) is 14.1.